The van der Waals surface area contributed by atoms with Crippen LogP contribution in [0.1, 0.15) is 37.8 Å². The van der Waals surface area contributed by atoms with E-state index in [1.165, 1.54) is 19.3 Å². The number of anilines is 1. The fourth-order valence-corrected chi connectivity index (χ4v) is 1.77. The number of hydrogen-bond donors (Lipinski definition) is 1. The SMILES string of the molecule is CCOC(=O)CNc1cc(C2CCC2)ncn1. The van der Waals surface area contributed by atoms with Crippen LogP contribution in [0.2, 0.25) is 0 Å². The maximum absolute atomic E-state index is 11.2. The highest BCUT2D eigenvalue weighted by Gasteiger charge is 2.21. The molecule has 17 heavy (non-hydrogen) atoms. The largest absolute Gasteiger partial charge is 0.465 e. The Balaban J connectivity index is 1.89. The van der Waals surface area contributed by atoms with Crippen LogP contribution in [0.25, 0.3) is 0 Å². The maximum atomic E-state index is 11.2. The van der Waals surface area contributed by atoms with E-state index in [-0.39, 0.29) is 12.5 Å². The molecule has 1 saturated carbocycles. The van der Waals surface area contributed by atoms with Gasteiger partial charge in [-0.2, -0.15) is 0 Å². The molecule has 1 fully saturated rings. The fraction of sp³-hybridized carbons (Fsp3) is 0.583. The summed E-state index contributed by atoms with van der Waals surface area (Å²) in [5.41, 5.74) is 1.07. The Kier molecular flexibility index (Phi) is 3.90. The first-order valence-corrected chi connectivity index (χ1v) is 6.01. The van der Waals surface area contributed by atoms with Crippen molar-refractivity contribution in [1.82, 2.24) is 9.97 Å². The van der Waals surface area contributed by atoms with Gasteiger partial charge < -0.3 is 10.1 Å². The molecule has 0 aromatic carbocycles. The second kappa shape index (κ2) is 5.61. The monoisotopic (exact) mass is 235 g/mol. The zero-order valence-electron chi connectivity index (χ0n) is 9.98. The fourth-order valence-electron chi connectivity index (χ4n) is 1.77. The van der Waals surface area contributed by atoms with Crippen LogP contribution in [0, 0.1) is 0 Å². The van der Waals surface area contributed by atoms with Crippen LogP contribution < -0.4 is 5.32 Å². The molecule has 1 aromatic rings. The molecule has 1 aliphatic carbocycles. The van der Waals surface area contributed by atoms with Gasteiger partial charge in [0, 0.05) is 17.7 Å². The van der Waals surface area contributed by atoms with Gasteiger partial charge in [0.05, 0.1) is 6.61 Å². The lowest BCUT2D eigenvalue weighted by atomic mass is 9.83. The van der Waals surface area contributed by atoms with Crippen LogP contribution in [0.5, 0.6) is 0 Å². The Morgan fingerprint density at radius 2 is 2.35 bits per heavy atom. The molecule has 1 aromatic heterocycles. The highest BCUT2D eigenvalue weighted by Crippen LogP contribution is 2.35. The lowest BCUT2D eigenvalue weighted by Gasteiger charge is -2.24. The van der Waals surface area contributed by atoms with Crippen molar-refractivity contribution >= 4 is 11.8 Å². The number of hydrogen-bond acceptors (Lipinski definition) is 5. The molecule has 0 spiro atoms. The highest BCUT2D eigenvalue weighted by molar-refractivity contribution is 5.74. The van der Waals surface area contributed by atoms with Crippen LogP contribution in [0.15, 0.2) is 12.4 Å². The van der Waals surface area contributed by atoms with E-state index in [1.54, 1.807) is 13.3 Å². The molecular formula is C12H17N3O2. The molecule has 92 valence electrons. The van der Waals surface area contributed by atoms with E-state index in [9.17, 15) is 4.79 Å². The zero-order chi connectivity index (χ0) is 12.1. The van der Waals surface area contributed by atoms with Crippen LogP contribution in [-0.4, -0.2) is 29.1 Å². The molecule has 1 aliphatic rings. The van der Waals surface area contributed by atoms with Gasteiger partial charge in [0.15, 0.2) is 0 Å². The minimum Gasteiger partial charge on any atom is -0.465 e. The Morgan fingerprint density at radius 3 is 3.00 bits per heavy atom. The van der Waals surface area contributed by atoms with E-state index in [4.69, 9.17) is 4.74 Å². The van der Waals surface area contributed by atoms with Gasteiger partial charge >= 0.3 is 5.97 Å². The van der Waals surface area contributed by atoms with Gasteiger partial charge in [-0.3, -0.25) is 4.79 Å². The number of rotatable bonds is 5. The summed E-state index contributed by atoms with van der Waals surface area (Å²) in [6.45, 7) is 2.34. The summed E-state index contributed by atoms with van der Waals surface area (Å²) < 4.78 is 4.83. The van der Waals surface area contributed by atoms with Crippen molar-refractivity contribution in [2.24, 2.45) is 0 Å². The molecule has 0 saturated heterocycles. The first kappa shape index (κ1) is 11.8. The Morgan fingerprint density at radius 1 is 1.53 bits per heavy atom. The predicted molar refractivity (Wildman–Crippen MR) is 63.7 cm³/mol. The summed E-state index contributed by atoms with van der Waals surface area (Å²) in [4.78, 5) is 19.5. The molecule has 5 nitrogen and oxygen atoms in total. The molecule has 0 radical (unpaired) electrons. The summed E-state index contributed by atoms with van der Waals surface area (Å²) >= 11 is 0. The Hall–Kier alpha value is -1.65. The molecule has 0 bridgehead atoms. The molecule has 0 unspecified atom stereocenters. The average molecular weight is 235 g/mol. The standard InChI is InChI=1S/C12H17N3O2/c1-2-17-12(16)7-13-11-6-10(14-8-15-11)9-4-3-5-9/h6,8-9H,2-5,7H2,1H3,(H,13,14,15). The van der Waals surface area contributed by atoms with Gasteiger partial charge in [0.2, 0.25) is 0 Å². The van der Waals surface area contributed by atoms with Crippen LogP contribution in [-0.2, 0) is 9.53 Å². The van der Waals surface area contributed by atoms with E-state index in [0.29, 0.717) is 18.3 Å². The van der Waals surface area contributed by atoms with Crippen LogP contribution in [0.3, 0.4) is 0 Å². The average Bonchev–Trinajstić information content (AvgIpc) is 2.25. The molecule has 5 heteroatoms. The predicted octanol–water partition coefficient (Wildman–Crippen LogP) is 1.72. The van der Waals surface area contributed by atoms with Gasteiger partial charge in [-0.15, -0.1) is 0 Å². The van der Waals surface area contributed by atoms with E-state index < -0.39 is 0 Å². The molecule has 0 amide bonds. The van der Waals surface area contributed by atoms with Crippen molar-refractivity contribution < 1.29 is 9.53 Å². The number of ether oxygens (including phenoxy) is 1. The summed E-state index contributed by atoms with van der Waals surface area (Å²) in [6.07, 6.45) is 5.23. The summed E-state index contributed by atoms with van der Waals surface area (Å²) in [5, 5.41) is 2.95. The summed E-state index contributed by atoms with van der Waals surface area (Å²) in [7, 11) is 0. The van der Waals surface area contributed by atoms with E-state index in [1.807, 2.05) is 6.07 Å². The van der Waals surface area contributed by atoms with Crippen molar-refractivity contribution in [3.63, 3.8) is 0 Å². The van der Waals surface area contributed by atoms with Crippen molar-refractivity contribution in [3.05, 3.63) is 18.1 Å². The first-order valence-electron chi connectivity index (χ1n) is 6.01. The van der Waals surface area contributed by atoms with Crippen LogP contribution >= 0.6 is 0 Å². The number of aromatic nitrogens is 2. The van der Waals surface area contributed by atoms with Crippen molar-refractivity contribution in [2.75, 3.05) is 18.5 Å². The lowest BCUT2D eigenvalue weighted by molar-refractivity contribution is -0.140. The van der Waals surface area contributed by atoms with Crippen molar-refractivity contribution in [3.8, 4) is 0 Å². The number of carbonyl (C=O) groups excluding carboxylic acids is 1. The third kappa shape index (κ3) is 3.15. The second-order valence-corrected chi connectivity index (χ2v) is 4.11. The van der Waals surface area contributed by atoms with Gasteiger partial charge in [-0.25, -0.2) is 9.97 Å². The van der Waals surface area contributed by atoms with E-state index in [0.717, 1.165) is 5.69 Å². The van der Waals surface area contributed by atoms with E-state index >= 15 is 0 Å². The third-order valence-corrected chi connectivity index (χ3v) is 2.93. The molecule has 2 rings (SSSR count). The third-order valence-electron chi connectivity index (χ3n) is 2.93. The van der Waals surface area contributed by atoms with Gasteiger partial charge in [0.25, 0.3) is 0 Å². The number of carbonyl (C=O) groups is 1. The number of esters is 1. The molecule has 1 N–H and O–H groups in total. The van der Waals surface area contributed by atoms with Crippen molar-refractivity contribution in [2.45, 2.75) is 32.1 Å². The second-order valence-electron chi connectivity index (χ2n) is 4.11. The minimum atomic E-state index is -0.267. The topological polar surface area (TPSA) is 64.1 Å². The first-order chi connectivity index (χ1) is 8.29. The van der Waals surface area contributed by atoms with Gasteiger partial charge in [0.1, 0.15) is 18.7 Å². The lowest BCUT2D eigenvalue weighted by Crippen LogP contribution is -2.18. The smallest absolute Gasteiger partial charge is 0.325 e. The van der Waals surface area contributed by atoms with E-state index in [2.05, 4.69) is 15.3 Å². The number of nitrogens with one attached hydrogen (secondary N) is 1. The normalized spacial score (nSPS) is 15.1. The quantitative estimate of drug-likeness (QED) is 0.787. The molecule has 0 aliphatic heterocycles. The Labute approximate surface area is 101 Å². The van der Waals surface area contributed by atoms with Gasteiger partial charge in [-0.1, -0.05) is 6.42 Å². The zero-order valence-corrected chi connectivity index (χ0v) is 9.98. The molecule has 1 heterocycles. The summed E-state index contributed by atoms with van der Waals surface area (Å²) in [5.74, 6) is 0.993. The maximum Gasteiger partial charge on any atom is 0.325 e. The van der Waals surface area contributed by atoms with Crippen LogP contribution in [0.4, 0.5) is 5.82 Å². The number of nitrogens with zero attached hydrogens (tertiary/aromatic N) is 2. The van der Waals surface area contributed by atoms with Gasteiger partial charge in [-0.05, 0) is 19.8 Å². The highest BCUT2D eigenvalue weighted by atomic mass is 16.5. The minimum absolute atomic E-state index is 0.148. The molecular weight excluding hydrogens is 218 g/mol. The molecule has 0 atom stereocenters. The summed E-state index contributed by atoms with van der Waals surface area (Å²) in [6, 6.07) is 1.92. The van der Waals surface area contributed by atoms with Crippen molar-refractivity contribution in [1.29, 1.82) is 0 Å². The Bertz CT molecular complexity index is 391.